The van der Waals surface area contributed by atoms with E-state index in [2.05, 4.69) is 9.47 Å². The second-order valence-electron chi connectivity index (χ2n) is 3.56. The van der Waals surface area contributed by atoms with Crippen LogP contribution < -0.4 is 20.9 Å². The molecule has 2 rings (SSSR count). The van der Waals surface area contributed by atoms with Crippen LogP contribution in [0, 0.1) is 0 Å². The molecule has 1 atom stereocenters. The second kappa shape index (κ2) is 5.03. The number of ether oxygens (including phenoxy) is 2. The largest absolute Gasteiger partial charge is 0.586 e. The quantitative estimate of drug-likeness (QED) is 0.875. The van der Waals surface area contributed by atoms with Gasteiger partial charge in [-0.25, -0.2) is 0 Å². The lowest BCUT2D eigenvalue weighted by molar-refractivity contribution is -0.286. The highest BCUT2D eigenvalue weighted by atomic mass is 35.5. The Morgan fingerprint density at radius 3 is 2.53 bits per heavy atom. The summed E-state index contributed by atoms with van der Waals surface area (Å²) in [5, 5.41) is 0. The van der Waals surface area contributed by atoms with Crippen molar-refractivity contribution in [3.63, 3.8) is 0 Å². The van der Waals surface area contributed by atoms with E-state index in [1.54, 1.807) is 6.07 Å². The van der Waals surface area contributed by atoms with Gasteiger partial charge >= 0.3 is 6.29 Å². The number of benzene rings is 1. The first-order valence-electron chi connectivity index (χ1n) is 4.87. The number of nitrogens with two attached hydrogens (primary N) is 2. The Hall–Kier alpha value is -1.11. The Balaban J connectivity index is 0.00000144. The van der Waals surface area contributed by atoms with Crippen LogP contribution in [0.25, 0.3) is 0 Å². The molecule has 0 radical (unpaired) electrons. The lowest BCUT2D eigenvalue weighted by atomic mass is 10.0. The summed E-state index contributed by atoms with van der Waals surface area (Å²) >= 11 is 0. The summed E-state index contributed by atoms with van der Waals surface area (Å²) < 4.78 is 34.0. The maximum atomic E-state index is 12.7. The number of hydrogen-bond acceptors (Lipinski definition) is 4. The molecule has 0 spiro atoms. The first-order valence-corrected chi connectivity index (χ1v) is 4.87. The number of alkyl halides is 2. The molecular formula is C10H13ClF2N2O2. The molecule has 0 fully saturated rings. The molecule has 96 valence electrons. The standard InChI is InChI=1S/C10H12F2N2O2.ClH/c11-10(12)15-8-2-1-6(5-9(8)16-10)7(14)3-4-13;/h1-2,5,7H,3-4,13-14H2;1H/t7-;/m1./s1. The maximum absolute atomic E-state index is 12.7. The van der Waals surface area contributed by atoms with Crippen molar-refractivity contribution in [2.75, 3.05) is 6.54 Å². The van der Waals surface area contributed by atoms with Gasteiger partial charge in [0.2, 0.25) is 0 Å². The Labute approximate surface area is 103 Å². The van der Waals surface area contributed by atoms with Crippen LogP contribution in [0.1, 0.15) is 18.0 Å². The third-order valence-electron chi connectivity index (χ3n) is 2.33. The fraction of sp³-hybridized carbons (Fsp3) is 0.400. The van der Waals surface area contributed by atoms with Crippen LogP contribution in [0.4, 0.5) is 8.78 Å². The molecule has 1 aromatic carbocycles. The van der Waals surface area contributed by atoms with Gasteiger partial charge in [0.25, 0.3) is 0 Å². The zero-order chi connectivity index (χ0) is 11.8. The summed E-state index contributed by atoms with van der Waals surface area (Å²) in [4.78, 5) is 0. The van der Waals surface area contributed by atoms with Gasteiger partial charge < -0.3 is 20.9 Å². The minimum Gasteiger partial charge on any atom is -0.395 e. The Bertz CT molecular complexity index is 404. The van der Waals surface area contributed by atoms with Crippen molar-refractivity contribution >= 4 is 12.4 Å². The molecule has 0 aliphatic carbocycles. The highest BCUT2D eigenvalue weighted by molar-refractivity contribution is 5.85. The molecule has 1 aromatic rings. The van der Waals surface area contributed by atoms with Crippen LogP contribution in [-0.4, -0.2) is 12.8 Å². The van der Waals surface area contributed by atoms with E-state index in [0.29, 0.717) is 18.5 Å². The van der Waals surface area contributed by atoms with E-state index >= 15 is 0 Å². The topological polar surface area (TPSA) is 70.5 Å². The number of rotatable bonds is 3. The van der Waals surface area contributed by atoms with Gasteiger partial charge in [0.1, 0.15) is 0 Å². The van der Waals surface area contributed by atoms with Crippen LogP contribution in [-0.2, 0) is 0 Å². The van der Waals surface area contributed by atoms with Gasteiger partial charge in [-0.05, 0) is 30.7 Å². The first-order chi connectivity index (χ1) is 7.52. The van der Waals surface area contributed by atoms with Crippen LogP contribution in [0.15, 0.2) is 18.2 Å². The van der Waals surface area contributed by atoms with Crippen molar-refractivity contribution < 1.29 is 18.3 Å². The van der Waals surface area contributed by atoms with E-state index in [9.17, 15) is 8.78 Å². The second-order valence-corrected chi connectivity index (χ2v) is 3.56. The highest BCUT2D eigenvalue weighted by Gasteiger charge is 2.43. The zero-order valence-corrected chi connectivity index (χ0v) is 9.68. The van der Waals surface area contributed by atoms with Crippen LogP contribution >= 0.6 is 12.4 Å². The van der Waals surface area contributed by atoms with Gasteiger partial charge in [0.05, 0.1) is 0 Å². The van der Waals surface area contributed by atoms with E-state index < -0.39 is 6.29 Å². The molecule has 1 aliphatic heterocycles. The third-order valence-corrected chi connectivity index (χ3v) is 2.33. The molecule has 0 bridgehead atoms. The first kappa shape index (κ1) is 14.0. The van der Waals surface area contributed by atoms with Crippen molar-refractivity contribution in [1.82, 2.24) is 0 Å². The Morgan fingerprint density at radius 2 is 1.88 bits per heavy atom. The summed E-state index contributed by atoms with van der Waals surface area (Å²) in [6, 6.07) is 4.22. The third kappa shape index (κ3) is 2.96. The van der Waals surface area contributed by atoms with Crippen molar-refractivity contribution in [3.05, 3.63) is 23.8 Å². The zero-order valence-electron chi connectivity index (χ0n) is 8.86. The van der Waals surface area contributed by atoms with Gasteiger partial charge in [-0.15, -0.1) is 21.2 Å². The van der Waals surface area contributed by atoms with Gasteiger partial charge in [0, 0.05) is 6.04 Å². The fourth-order valence-electron chi connectivity index (χ4n) is 1.54. The summed E-state index contributed by atoms with van der Waals surface area (Å²) in [5.41, 5.74) is 11.9. The minimum atomic E-state index is -3.58. The van der Waals surface area contributed by atoms with Crippen LogP contribution in [0.3, 0.4) is 0 Å². The van der Waals surface area contributed by atoms with Gasteiger partial charge in [-0.1, -0.05) is 6.07 Å². The maximum Gasteiger partial charge on any atom is 0.586 e. The Morgan fingerprint density at radius 1 is 1.24 bits per heavy atom. The molecule has 0 saturated carbocycles. The van der Waals surface area contributed by atoms with Crippen LogP contribution in [0.5, 0.6) is 11.5 Å². The molecule has 4 N–H and O–H groups in total. The molecule has 7 heteroatoms. The van der Waals surface area contributed by atoms with Crippen molar-refractivity contribution in [2.45, 2.75) is 18.8 Å². The van der Waals surface area contributed by atoms with Crippen molar-refractivity contribution in [1.29, 1.82) is 0 Å². The van der Waals surface area contributed by atoms with E-state index in [-0.39, 0.29) is 29.9 Å². The van der Waals surface area contributed by atoms with Crippen molar-refractivity contribution in [3.8, 4) is 11.5 Å². The Kier molecular flexibility index (Phi) is 4.13. The minimum absolute atomic E-state index is 0. The summed E-state index contributed by atoms with van der Waals surface area (Å²) in [6.45, 7) is 0.436. The highest BCUT2D eigenvalue weighted by Crippen LogP contribution is 2.41. The van der Waals surface area contributed by atoms with Gasteiger partial charge in [-0.2, -0.15) is 0 Å². The predicted molar refractivity (Wildman–Crippen MR) is 60.5 cm³/mol. The van der Waals surface area contributed by atoms with Gasteiger partial charge in [0.15, 0.2) is 11.5 Å². The molecule has 1 heterocycles. The summed E-state index contributed by atoms with van der Waals surface area (Å²) in [5.74, 6) is 0.0312. The van der Waals surface area contributed by atoms with Gasteiger partial charge in [-0.3, -0.25) is 0 Å². The average molecular weight is 267 g/mol. The average Bonchev–Trinajstić information content (AvgIpc) is 2.50. The summed E-state index contributed by atoms with van der Waals surface area (Å²) in [6.07, 6.45) is -3.01. The van der Waals surface area contributed by atoms with E-state index in [1.165, 1.54) is 12.1 Å². The number of fused-ring (bicyclic) bond motifs is 1. The normalized spacial score (nSPS) is 17.4. The van der Waals surface area contributed by atoms with Crippen molar-refractivity contribution in [2.24, 2.45) is 11.5 Å². The molecule has 1 aliphatic rings. The monoisotopic (exact) mass is 266 g/mol. The predicted octanol–water partition coefficient (Wildman–Crippen LogP) is 1.78. The number of halogens is 3. The lowest BCUT2D eigenvalue weighted by Gasteiger charge is -2.10. The van der Waals surface area contributed by atoms with Crippen LogP contribution in [0.2, 0.25) is 0 Å². The molecule has 0 amide bonds. The molecule has 4 nitrogen and oxygen atoms in total. The SMILES string of the molecule is Cl.NCC[C@@H](N)c1ccc2c(c1)OC(F)(F)O2. The molecular weight excluding hydrogens is 254 g/mol. The fourth-order valence-corrected chi connectivity index (χ4v) is 1.54. The van der Waals surface area contributed by atoms with E-state index in [1.807, 2.05) is 0 Å². The summed E-state index contributed by atoms with van der Waals surface area (Å²) in [7, 11) is 0. The molecule has 0 aromatic heterocycles. The van der Waals surface area contributed by atoms with E-state index in [0.717, 1.165) is 0 Å². The lowest BCUT2D eigenvalue weighted by Crippen LogP contribution is -2.25. The van der Waals surface area contributed by atoms with E-state index in [4.69, 9.17) is 11.5 Å². The molecule has 0 unspecified atom stereocenters. The molecule has 0 saturated heterocycles. The molecule has 17 heavy (non-hydrogen) atoms. The smallest absolute Gasteiger partial charge is 0.395 e. The number of hydrogen-bond donors (Lipinski definition) is 2.